The van der Waals surface area contributed by atoms with E-state index in [4.69, 9.17) is 33.2 Å². The Hall–Kier alpha value is -12.4. The summed E-state index contributed by atoms with van der Waals surface area (Å²) in [4.78, 5) is 187. The van der Waals surface area contributed by atoms with Crippen LogP contribution in [0.25, 0.3) is 0 Å². The Morgan fingerprint density at radius 3 is 1.01 bits per heavy atom. The summed E-state index contributed by atoms with van der Waals surface area (Å²) >= 11 is 0. The topological polar surface area (TPSA) is 357 Å². The number of benzene rings is 6. The maximum Gasteiger partial charge on any atom is 0.339 e. The van der Waals surface area contributed by atoms with Crippen molar-refractivity contribution < 1.29 is 110 Å². The van der Waals surface area contributed by atoms with Gasteiger partial charge in [0.25, 0.3) is 47.3 Å². The zero-order chi connectivity index (χ0) is 74.5. The van der Waals surface area contributed by atoms with Crippen molar-refractivity contribution in [2.45, 2.75) is 67.2 Å². The smallest absolute Gasteiger partial charge is 0.339 e. The largest absolute Gasteiger partial charge is 0.478 e. The Balaban J connectivity index is 0.680. The molecule has 0 radical (unpaired) electrons. The molecular formula is C76H70N4O23. The normalized spacial score (nSPS) is 14.4. The predicted octanol–water partition coefficient (Wildman–Crippen LogP) is 10.9. The molecule has 6 aromatic rings. The third-order valence-electron chi connectivity index (χ3n) is 17.5. The van der Waals surface area contributed by atoms with E-state index < -0.39 is 99.5 Å². The number of aromatic carboxylic acids is 2. The molecule has 532 valence electrons. The summed E-state index contributed by atoms with van der Waals surface area (Å²) in [7, 11) is 0. The monoisotopic (exact) mass is 1410 g/mol. The van der Waals surface area contributed by atoms with Crippen molar-refractivity contribution in [3.05, 3.63) is 201 Å². The van der Waals surface area contributed by atoms with Crippen molar-refractivity contribution in [1.29, 1.82) is 0 Å². The van der Waals surface area contributed by atoms with Crippen molar-refractivity contribution in [2.24, 2.45) is 22.7 Å². The first kappa shape index (κ1) is 73.3. The highest BCUT2D eigenvalue weighted by Gasteiger charge is 2.43. The second-order valence-corrected chi connectivity index (χ2v) is 26.6. The highest BCUT2D eigenvalue weighted by atomic mass is 16.6. The van der Waals surface area contributed by atoms with E-state index in [0.717, 1.165) is 45.1 Å². The summed E-state index contributed by atoms with van der Waals surface area (Å²) < 4.78 is 37.6. The molecule has 0 saturated heterocycles. The van der Waals surface area contributed by atoms with Gasteiger partial charge >= 0.3 is 35.8 Å². The fourth-order valence-electron chi connectivity index (χ4n) is 12.9. The Morgan fingerprint density at radius 1 is 0.379 bits per heavy atom. The van der Waals surface area contributed by atoms with E-state index in [0.29, 0.717) is 25.7 Å². The molecule has 4 aliphatic heterocycles. The van der Waals surface area contributed by atoms with E-state index in [2.05, 4.69) is 13.2 Å². The molecule has 27 nitrogen and oxygen atoms in total. The zero-order valence-electron chi connectivity index (χ0n) is 56.9. The molecule has 2 atom stereocenters. The Labute approximate surface area is 589 Å². The van der Waals surface area contributed by atoms with Crippen LogP contribution in [0.15, 0.2) is 135 Å². The van der Waals surface area contributed by atoms with Crippen LogP contribution < -0.4 is 14.2 Å². The van der Waals surface area contributed by atoms with Crippen molar-refractivity contribution in [3.63, 3.8) is 0 Å². The quantitative estimate of drug-likeness (QED) is 0.0130. The van der Waals surface area contributed by atoms with Gasteiger partial charge in [-0.1, -0.05) is 54.7 Å². The van der Waals surface area contributed by atoms with Crippen molar-refractivity contribution >= 4 is 83.1 Å². The van der Waals surface area contributed by atoms with Gasteiger partial charge in [-0.05, 0) is 158 Å². The molecule has 4 heterocycles. The summed E-state index contributed by atoms with van der Waals surface area (Å²) in [6.45, 7) is 16.8. The van der Waals surface area contributed by atoms with Gasteiger partial charge < -0.3 is 43.4 Å². The number of imide groups is 4. The van der Waals surface area contributed by atoms with Crippen LogP contribution in [0.3, 0.4) is 0 Å². The third-order valence-corrected chi connectivity index (χ3v) is 17.5. The van der Waals surface area contributed by atoms with Gasteiger partial charge in [-0.25, -0.2) is 28.8 Å². The van der Waals surface area contributed by atoms with Crippen molar-refractivity contribution in [2.75, 3.05) is 52.6 Å². The number of amides is 8. The molecule has 4 aliphatic rings. The lowest BCUT2D eigenvalue weighted by atomic mass is 9.81. The van der Waals surface area contributed by atoms with Crippen LogP contribution in [0.4, 0.5) is 0 Å². The van der Waals surface area contributed by atoms with Gasteiger partial charge in [0.1, 0.15) is 60.9 Å². The first-order valence-electron chi connectivity index (χ1n) is 32.6. The Bertz CT molecular complexity index is 4620. The number of ether oxygens (including phenoxy) is 7. The number of esters is 4. The van der Waals surface area contributed by atoms with E-state index in [9.17, 15) is 77.3 Å². The summed E-state index contributed by atoms with van der Waals surface area (Å²) in [5, 5.41) is 19.6. The van der Waals surface area contributed by atoms with Gasteiger partial charge in [-0.3, -0.25) is 58.0 Å². The third kappa shape index (κ3) is 16.3. The lowest BCUT2D eigenvalue weighted by Gasteiger charge is -2.32. The zero-order valence-corrected chi connectivity index (χ0v) is 56.9. The highest BCUT2D eigenvalue weighted by Crippen LogP contribution is 2.40. The Morgan fingerprint density at radius 2 is 0.660 bits per heavy atom. The highest BCUT2D eigenvalue weighted by molar-refractivity contribution is 6.24. The molecular weight excluding hydrogens is 1340 g/mol. The molecule has 27 heteroatoms. The van der Waals surface area contributed by atoms with Crippen molar-refractivity contribution in [1.82, 2.24) is 19.6 Å². The van der Waals surface area contributed by atoms with Gasteiger partial charge in [-0.2, -0.15) is 0 Å². The molecule has 8 amide bonds. The fourth-order valence-corrected chi connectivity index (χ4v) is 12.9. The molecule has 2 N–H and O–H groups in total. The minimum atomic E-state index is -1.46. The van der Waals surface area contributed by atoms with Gasteiger partial charge in [0.15, 0.2) is 0 Å². The lowest BCUT2D eigenvalue weighted by Crippen LogP contribution is -2.39. The molecule has 0 fully saturated rings. The summed E-state index contributed by atoms with van der Waals surface area (Å²) in [6, 6.07) is 24.5. The van der Waals surface area contributed by atoms with E-state index in [1.54, 1.807) is 0 Å². The number of rotatable bonds is 32. The van der Waals surface area contributed by atoms with Crippen LogP contribution in [-0.2, 0) is 28.5 Å². The predicted molar refractivity (Wildman–Crippen MR) is 361 cm³/mol. The maximum atomic E-state index is 14.0. The minimum absolute atomic E-state index is 0.00110. The number of carbonyl (C=O) groups excluding carboxylic acids is 12. The SMILES string of the molecule is C=CC(=O)OCCOC(=O)c1ccc(Oc2ccc3c(c2)C(=O)N(CC(C)(C)CC(C)CCN2C(=O)c4ccc(Oc5ccc6c(c5)C(=O)N(CC(C)(C)CC(C)CCN5C(=O)c7ccc(Oc8ccc(C(=O)O)c(C(=O)OCCOC(=O)C=C)c8)cc7C5=O)C6=O)cc4C2=O)C3=O)cc1C(=O)O. The first-order chi connectivity index (χ1) is 48.9. The average molecular weight is 1410 g/mol. The van der Waals surface area contributed by atoms with Crippen LogP contribution in [0.2, 0.25) is 0 Å². The number of hydrogen-bond donors (Lipinski definition) is 2. The van der Waals surface area contributed by atoms with Crippen molar-refractivity contribution in [3.8, 4) is 34.5 Å². The number of hydrogen-bond acceptors (Lipinski definition) is 21. The molecule has 0 bridgehead atoms. The van der Waals surface area contributed by atoms with Crippen LogP contribution in [0.1, 0.15) is 192 Å². The first-order valence-corrected chi connectivity index (χ1v) is 32.6. The van der Waals surface area contributed by atoms with E-state index in [-0.39, 0.29) is 160 Å². The van der Waals surface area contributed by atoms with Crippen LogP contribution >= 0.6 is 0 Å². The summed E-state index contributed by atoms with van der Waals surface area (Å²) in [5.41, 5.74) is -1.87. The number of nitrogens with zero attached hydrogens (tertiary/aromatic N) is 4. The summed E-state index contributed by atoms with van der Waals surface area (Å²) in [6.07, 6.45) is 3.56. The van der Waals surface area contributed by atoms with Crippen LogP contribution in [0.5, 0.6) is 34.5 Å². The van der Waals surface area contributed by atoms with Gasteiger partial charge in [0.2, 0.25) is 0 Å². The van der Waals surface area contributed by atoms with E-state index >= 15 is 0 Å². The van der Waals surface area contributed by atoms with Gasteiger partial charge in [-0.15, -0.1) is 0 Å². The molecule has 103 heavy (non-hydrogen) atoms. The maximum absolute atomic E-state index is 14.0. The van der Waals surface area contributed by atoms with Crippen LogP contribution in [-0.4, -0.2) is 165 Å². The molecule has 0 aromatic heterocycles. The number of fused-ring (bicyclic) bond motifs is 4. The fraction of sp³-hybridized carbons (Fsp3) is 0.289. The molecule has 6 aromatic carbocycles. The second kappa shape index (κ2) is 30.2. The van der Waals surface area contributed by atoms with E-state index in [1.807, 2.05) is 41.5 Å². The van der Waals surface area contributed by atoms with Gasteiger partial charge in [0, 0.05) is 38.3 Å². The summed E-state index contributed by atoms with van der Waals surface area (Å²) in [5.74, 6) is -10.3. The average Bonchev–Trinajstić information content (AvgIpc) is 1.64. The Kier molecular flexibility index (Phi) is 21.5. The van der Waals surface area contributed by atoms with Crippen LogP contribution in [0, 0.1) is 22.7 Å². The second-order valence-electron chi connectivity index (χ2n) is 26.6. The van der Waals surface area contributed by atoms with Gasteiger partial charge in [0.05, 0.1) is 66.8 Å². The lowest BCUT2D eigenvalue weighted by molar-refractivity contribution is -0.139. The number of carboxylic acid groups (broad SMARTS) is 2. The molecule has 10 rings (SSSR count). The number of carbonyl (C=O) groups is 14. The van der Waals surface area contributed by atoms with E-state index in [1.165, 1.54) is 95.9 Å². The molecule has 0 saturated carbocycles. The minimum Gasteiger partial charge on any atom is -0.478 e. The standard InChI is InChI=1S/C76H70N4O23/c1-9-61(81)97-27-29-99-73(95)54-22-16-47(35-59(54)72(93)94)102-46-14-20-52-58(34-46)70(90)80(66(52)86)40-76(7,8)38-41(3)23-25-77-63(83)49-17-11-43(31-55(49)67(77)87)101-45-13-19-51-57(33-45)69(89)79(65(51)85)39-75(5,6)37-42(4)24-26-78-64(84)50-18-12-44(32-56(50)68(78)88)103-48-15-21-53(71(91)92)60(36-48)74(96)100-30-28-98-62(82)10-2/h9-22,31-36,41-42H,1-2,23-30,37-40H2,3-8H3,(H,91,92)(H,93,94). The molecule has 0 spiro atoms. The molecule has 2 unspecified atom stereocenters. The molecule has 0 aliphatic carbocycles. The number of carboxylic acids is 2.